The van der Waals surface area contributed by atoms with E-state index < -0.39 is 0 Å². The molecular weight excluding hydrogens is 264 g/mol. The molecule has 2 N–H and O–H groups in total. The summed E-state index contributed by atoms with van der Waals surface area (Å²) in [5.74, 6) is -0.117. The van der Waals surface area contributed by atoms with Gasteiger partial charge in [0.25, 0.3) is 5.91 Å². The number of rotatable bonds is 6. The second-order valence-corrected chi connectivity index (χ2v) is 5.47. The third-order valence-electron chi connectivity index (χ3n) is 3.79. The lowest BCUT2D eigenvalue weighted by Crippen LogP contribution is -2.30. The van der Waals surface area contributed by atoms with Crippen LogP contribution in [-0.4, -0.2) is 48.5 Å². The highest BCUT2D eigenvalue weighted by Gasteiger charge is 2.09. The Morgan fingerprint density at radius 3 is 2.76 bits per heavy atom. The van der Waals surface area contributed by atoms with Crippen molar-refractivity contribution < 1.29 is 4.79 Å². The fraction of sp³-hybridized carbons (Fsp3) is 0.625. The topological polar surface area (TPSA) is 57.3 Å². The lowest BCUT2D eigenvalue weighted by molar-refractivity contribution is 0.0951. The van der Waals surface area contributed by atoms with E-state index in [2.05, 4.69) is 20.5 Å². The number of pyridine rings is 1. The van der Waals surface area contributed by atoms with Gasteiger partial charge in [-0.25, -0.2) is 0 Å². The molecule has 0 bridgehead atoms. The Labute approximate surface area is 127 Å². The van der Waals surface area contributed by atoms with Gasteiger partial charge >= 0.3 is 0 Å². The Kier molecular flexibility index (Phi) is 6.47. The second kappa shape index (κ2) is 8.62. The van der Waals surface area contributed by atoms with Crippen molar-refractivity contribution in [2.75, 3.05) is 38.0 Å². The SMILES string of the molecule is CCNC(=O)c1cc(NCCN2CCCCCC2)ccn1. The van der Waals surface area contributed by atoms with Crippen molar-refractivity contribution in [2.45, 2.75) is 32.6 Å². The zero-order chi connectivity index (χ0) is 14.9. The Bertz CT molecular complexity index is 442. The van der Waals surface area contributed by atoms with Crippen LogP contribution < -0.4 is 10.6 Å². The average Bonchev–Trinajstić information content (AvgIpc) is 2.77. The molecule has 2 rings (SSSR count). The van der Waals surface area contributed by atoms with E-state index in [0.29, 0.717) is 12.2 Å². The van der Waals surface area contributed by atoms with Crippen LogP contribution in [0.5, 0.6) is 0 Å². The zero-order valence-corrected chi connectivity index (χ0v) is 12.9. The quantitative estimate of drug-likeness (QED) is 0.842. The van der Waals surface area contributed by atoms with Gasteiger partial charge in [-0.15, -0.1) is 0 Å². The van der Waals surface area contributed by atoms with E-state index in [1.165, 1.54) is 38.8 Å². The van der Waals surface area contributed by atoms with Crippen molar-refractivity contribution in [1.82, 2.24) is 15.2 Å². The van der Waals surface area contributed by atoms with Gasteiger partial charge in [-0.3, -0.25) is 9.78 Å². The van der Waals surface area contributed by atoms with Crippen LogP contribution in [0.4, 0.5) is 5.69 Å². The van der Waals surface area contributed by atoms with Gasteiger partial charge in [0.15, 0.2) is 0 Å². The van der Waals surface area contributed by atoms with E-state index in [0.717, 1.165) is 18.8 Å². The number of hydrogen-bond acceptors (Lipinski definition) is 4. The Morgan fingerprint density at radius 1 is 1.29 bits per heavy atom. The number of nitrogens with zero attached hydrogens (tertiary/aromatic N) is 2. The molecule has 21 heavy (non-hydrogen) atoms. The lowest BCUT2D eigenvalue weighted by atomic mass is 10.2. The van der Waals surface area contributed by atoms with Crippen LogP contribution in [0, 0.1) is 0 Å². The minimum absolute atomic E-state index is 0.117. The number of nitrogens with one attached hydrogen (secondary N) is 2. The molecule has 1 fully saturated rings. The molecule has 0 aliphatic carbocycles. The summed E-state index contributed by atoms with van der Waals surface area (Å²) in [5.41, 5.74) is 1.43. The maximum Gasteiger partial charge on any atom is 0.269 e. The van der Waals surface area contributed by atoms with Gasteiger partial charge in [0.2, 0.25) is 0 Å². The summed E-state index contributed by atoms with van der Waals surface area (Å²) >= 11 is 0. The highest BCUT2D eigenvalue weighted by atomic mass is 16.1. The molecule has 0 atom stereocenters. The number of anilines is 1. The molecule has 2 heterocycles. The summed E-state index contributed by atoms with van der Waals surface area (Å²) in [6.07, 6.45) is 7.04. The van der Waals surface area contributed by atoms with E-state index in [-0.39, 0.29) is 5.91 Å². The number of hydrogen-bond donors (Lipinski definition) is 2. The molecule has 0 unspecified atom stereocenters. The molecule has 0 aromatic carbocycles. The van der Waals surface area contributed by atoms with Gasteiger partial charge in [-0.1, -0.05) is 12.8 Å². The average molecular weight is 290 g/mol. The predicted molar refractivity (Wildman–Crippen MR) is 85.6 cm³/mol. The van der Waals surface area contributed by atoms with Gasteiger partial charge in [0.05, 0.1) is 0 Å². The van der Waals surface area contributed by atoms with Crippen LogP contribution in [0.15, 0.2) is 18.3 Å². The normalized spacial score (nSPS) is 16.2. The molecule has 116 valence electrons. The summed E-state index contributed by atoms with van der Waals surface area (Å²) in [5, 5.41) is 6.15. The summed E-state index contributed by atoms with van der Waals surface area (Å²) in [4.78, 5) is 18.4. The van der Waals surface area contributed by atoms with Crippen LogP contribution in [0.2, 0.25) is 0 Å². The fourth-order valence-corrected chi connectivity index (χ4v) is 2.63. The van der Waals surface area contributed by atoms with Gasteiger partial charge in [-0.2, -0.15) is 0 Å². The number of likely N-dealkylation sites (tertiary alicyclic amines) is 1. The van der Waals surface area contributed by atoms with Crippen LogP contribution in [0.1, 0.15) is 43.1 Å². The lowest BCUT2D eigenvalue weighted by Gasteiger charge is -2.20. The van der Waals surface area contributed by atoms with Crippen molar-refractivity contribution in [1.29, 1.82) is 0 Å². The van der Waals surface area contributed by atoms with Crippen molar-refractivity contribution in [3.63, 3.8) is 0 Å². The minimum Gasteiger partial charge on any atom is -0.384 e. The molecule has 5 heteroatoms. The summed E-state index contributed by atoms with van der Waals surface area (Å²) in [6, 6.07) is 3.72. The number of carbonyl (C=O) groups excluding carboxylic acids is 1. The molecule has 0 saturated carbocycles. The van der Waals surface area contributed by atoms with Crippen LogP contribution in [0.3, 0.4) is 0 Å². The molecule has 1 aliphatic heterocycles. The fourth-order valence-electron chi connectivity index (χ4n) is 2.63. The zero-order valence-electron chi connectivity index (χ0n) is 12.9. The Balaban J connectivity index is 1.79. The maximum atomic E-state index is 11.7. The molecule has 1 aromatic rings. The first-order valence-corrected chi connectivity index (χ1v) is 8.00. The maximum absolute atomic E-state index is 11.7. The predicted octanol–water partition coefficient (Wildman–Crippen LogP) is 2.12. The molecule has 0 spiro atoms. The van der Waals surface area contributed by atoms with Gasteiger partial charge < -0.3 is 15.5 Å². The van der Waals surface area contributed by atoms with E-state index in [4.69, 9.17) is 0 Å². The standard InChI is InChI=1S/C16H26N4O/c1-2-17-16(21)15-13-14(7-8-19-15)18-9-12-20-10-5-3-4-6-11-20/h7-8,13H,2-6,9-12H2,1H3,(H,17,21)(H,18,19). The molecule has 1 amide bonds. The number of carbonyl (C=O) groups is 1. The van der Waals surface area contributed by atoms with E-state index in [1.807, 2.05) is 19.1 Å². The monoisotopic (exact) mass is 290 g/mol. The van der Waals surface area contributed by atoms with Gasteiger partial charge in [0, 0.05) is 31.5 Å². The van der Waals surface area contributed by atoms with E-state index >= 15 is 0 Å². The van der Waals surface area contributed by atoms with Crippen LogP contribution in [-0.2, 0) is 0 Å². The molecule has 0 radical (unpaired) electrons. The Morgan fingerprint density at radius 2 is 2.05 bits per heavy atom. The molecule has 1 aliphatic rings. The number of amides is 1. The van der Waals surface area contributed by atoms with Crippen LogP contribution in [0.25, 0.3) is 0 Å². The molecule has 5 nitrogen and oxygen atoms in total. The van der Waals surface area contributed by atoms with Gasteiger partial charge in [0.1, 0.15) is 5.69 Å². The first kappa shape index (κ1) is 15.8. The highest BCUT2D eigenvalue weighted by molar-refractivity contribution is 5.93. The van der Waals surface area contributed by atoms with Crippen molar-refractivity contribution in [3.05, 3.63) is 24.0 Å². The van der Waals surface area contributed by atoms with E-state index in [1.54, 1.807) is 6.20 Å². The summed E-state index contributed by atoms with van der Waals surface area (Å²) in [6.45, 7) is 6.90. The largest absolute Gasteiger partial charge is 0.384 e. The third-order valence-corrected chi connectivity index (χ3v) is 3.79. The summed E-state index contributed by atoms with van der Waals surface area (Å²) < 4.78 is 0. The third kappa shape index (κ3) is 5.34. The Hall–Kier alpha value is -1.62. The van der Waals surface area contributed by atoms with Crippen molar-refractivity contribution in [2.24, 2.45) is 0 Å². The van der Waals surface area contributed by atoms with Crippen molar-refractivity contribution in [3.8, 4) is 0 Å². The number of aromatic nitrogens is 1. The highest BCUT2D eigenvalue weighted by Crippen LogP contribution is 2.10. The minimum atomic E-state index is -0.117. The summed E-state index contributed by atoms with van der Waals surface area (Å²) in [7, 11) is 0. The molecule has 1 aromatic heterocycles. The first-order valence-electron chi connectivity index (χ1n) is 8.00. The van der Waals surface area contributed by atoms with Gasteiger partial charge in [-0.05, 0) is 45.0 Å². The smallest absolute Gasteiger partial charge is 0.269 e. The second-order valence-electron chi connectivity index (χ2n) is 5.47. The molecular formula is C16H26N4O. The van der Waals surface area contributed by atoms with Crippen LogP contribution >= 0.6 is 0 Å². The van der Waals surface area contributed by atoms with E-state index in [9.17, 15) is 4.79 Å². The molecule has 1 saturated heterocycles. The first-order chi connectivity index (χ1) is 10.3. The van der Waals surface area contributed by atoms with Crippen molar-refractivity contribution >= 4 is 11.6 Å².